The fourth-order valence-electron chi connectivity index (χ4n) is 0.442. The number of hydrogen-bond acceptors (Lipinski definition) is 2. The van der Waals surface area contributed by atoms with E-state index in [9.17, 15) is 0 Å². The van der Waals surface area contributed by atoms with Gasteiger partial charge in [-0.25, -0.2) is 0 Å². The zero-order valence-electron chi connectivity index (χ0n) is 6.22. The van der Waals surface area contributed by atoms with Gasteiger partial charge in [0.25, 0.3) is 0 Å². The average Bonchev–Trinajstić information content (AvgIpc) is 1.91. The van der Waals surface area contributed by atoms with Crippen molar-refractivity contribution in [1.29, 1.82) is 0 Å². The first-order valence-electron chi connectivity index (χ1n) is 3.15. The molecular weight excluding hydrogens is 114 g/mol. The number of hydrogen-bond donors (Lipinski definition) is 0. The van der Waals surface area contributed by atoms with Gasteiger partial charge in [0.2, 0.25) is 0 Å². The molecule has 0 heterocycles. The SMILES string of the molecule is C/C=N\O/C(=C\C)CC. The standard InChI is InChI=1S/C7H13NO/c1-4-7(5-2)9-8-6-3/h4,6H,5H2,1-3H3/b7-4-,8-6-. The molecule has 0 fully saturated rings. The molecule has 0 N–H and O–H groups in total. The summed E-state index contributed by atoms with van der Waals surface area (Å²) in [7, 11) is 0. The van der Waals surface area contributed by atoms with Crippen LogP contribution in [0.2, 0.25) is 0 Å². The largest absolute Gasteiger partial charge is 0.362 e. The smallest absolute Gasteiger partial charge is 0.130 e. The number of rotatable bonds is 3. The number of nitrogens with zero attached hydrogens (tertiary/aromatic N) is 1. The minimum absolute atomic E-state index is 0.897. The van der Waals surface area contributed by atoms with Crippen LogP contribution >= 0.6 is 0 Å². The highest BCUT2D eigenvalue weighted by atomic mass is 16.6. The van der Waals surface area contributed by atoms with Gasteiger partial charge < -0.3 is 4.84 Å². The van der Waals surface area contributed by atoms with E-state index in [0.717, 1.165) is 12.2 Å². The molecule has 9 heavy (non-hydrogen) atoms. The summed E-state index contributed by atoms with van der Waals surface area (Å²) in [5.74, 6) is 0.910. The van der Waals surface area contributed by atoms with Gasteiger partial charge in [0, 0.05) is 12.6 Å². The molecule has 0 aromatic carbocycles. The number of allylic oxidation sites excluding steroid dienone is 2. The summed E-state index contributed by atoms with van der Waals surface area (Å²) in [5.41, 5.74) is 0. The Balaban J connectivity index is 3.58. The summed E-state index contributed by atoms with van der Waals surface area (Å²) in [6.07, 6.45) is 4.43. The highest BCUT2D eigenvalue weighted by molar-refractivity contribution is 5.52. The van der Waals surface area contributed by atoms with Gasteiger partial charge in [0.05, 0.1) is 0 Å². The molecule has 0 aliphatic carbocycles. The molecule has 0 aromatic heterocycles. The van der Waals surface area contributed by atoms with Crippen molar-refractivity contribution < 1.29 is 4.84 Å². The van der Waals surface area contributed by atoms with Gasteiger partial charge in [-0.2, -0.15) is 0 Å². The molecule has 0 rings (SSSR count). The molecule has 2 heteroatoms. The summed E-state index contributed by atoms with van der Waals surface area (Å²) < 4.78 is 0. The van der Waals surface area contributed by atoms with E-state index in [1.54, 1.807) is 6.21 Å². The zero-order valence-corrected chi connectivity index (χ0v) is 6.22. The van der Waals surface area contributed by atoms with E-state index in [2.05, 4.69) is 5.16 Å². The highest BCUT2D eigenvalue weighted by Gasteiger charge is 1.87. The lowest BCUT2D eigenvalue weighted by molar-refractivity contribution is 0.220. The molecule has 0 radical (unpaired) electrons. The third-order valence-electron chi connectivity index (χ3n) is 0.946. The first-order valence-corrected chi connectivity index (χ1v) is 3.15. The van der Waals surface area contributed by atoms with Gasteiger partial charge in [-0.15, -0.1) is 0 Å². The van der Waals surface area contributed by atoms with E-state index in [4.69, 9.17) is 4.84 Å². The van der Waals surface area contributed by atoms with Crippen LogP contribution in [0.4, 0.5) is 0 Å². The lowest BCUT2D eigenvalue weighted by Crippen LogP contribution is -1.81. The van der Waals surface area contributed by atoms with Crippen molar-refractivity contribution >= 4 is 6.21 Å². The van der Waals surface area contributed by atoms with Gasteiger partial charge in [-0.1, -0.05) is 12.1 Å². The minimum Gasteiger partial charge on any atom is -0.362 e. The molecule has 0 amide bonds. The zero-order chi connectivity index (χ0) is 7.11. The van der Waals surface area contributed by atoms with Crippen molar-refractivity contribution in [1.82, 2.24) is 0 Å². The molecule has 0 atom stereocenters. The fraction of sp³-hybridized carbons (Fsp3) is 0.571. The van der Waals surface area contributed by atoms with Gasteiger partial charge in [-0.05, 0) is 19.9 Å². The lowest BCUT2D eigenvalue weighted by Gasteiger charge is -1.97. The summed E-state index contributed by atoms with van der Waals surface area (Å²) >= 11 is 0. The van der Waals surface area contributed by atoms with Gasteiger partial charge >= 0.3 is 0 Å². The van der Waals surface area contributed by atoms with Crippen LogP contribution in [0.15, 0.2) is 17.0 Å². The quantitative estimate of drug-likeness (QED) is 0.324. The van der Waals surface area contributed by atoms with Crippen LogP contribution in [-0.4, -0.2) is 6.21 Å². The summed E-state index contributed by atoms with van der Waals surface area (Å²) in [6.45, 7) is 5.79. The van der Waals surface area contributed by atoms with E-state index >= 15 is 0 Å². The Morgan fingerprint density at radius 2 is 2.22 bits per heavy atom. The Hall–Kier alpha value is -0.790. The maximum atomic E-state index is 4.92. The second kappa shape index (κ2) is 5.35. The second-order valence-corrected chi connectivity index (χ2v) is 1.56. The Bertz CT molecular complexity index is 116. The van der Waals surface area contributed by atoms with Crippen molar-refractivity contribution in [2.24, 2.45) is 5.16 Å². The van der Waals surface area contributed by atoms with E-state index in [1.807, 2.05) is 26.8 Å². The van der Waals surface area contributed by atoms with Gasteiger partial charge in [0.1, 0.15) is 5.76 Å². The van der Waals surface area contributed by atoms with Crippen LogP contribution in [0.25, 0.3) is 0 Å². The molecule has 0 aliphatic rings. The Morgan fingerprint density at radius 3 is 2.56 bits per heavy atom. The number of oxime groups is 1. The van der Waals surface area contributed by atoms with Gasteiger partial charge in [-0.3, -0.25) is 0 Å². The molecule has 0 spiro atoms. The minimum atomic E-state index is 0.897. The van der Waals surface area contributed by atoms with Crippen molar-refractivity contribution in [3.8, 4) is 0 Å². The van der Waals surface area contributed by atoms with Crippen LogP contribution in [0.3, 0.4) is 0 Å². The molecule has 0 aliphatic heterocycles. The van der Waals surface area contributed by atoms with E-state index in [1.165, 1.54) is 0 Å². The van der Waals surface area contributed by atoms with E-state index in [-0.39, 0.29) is 0 Å². The summed E-state index contributed by atoms with van der Waals surface area (Å²) in [5, 5.41) is 3.62. The van der Waals surface area contributed by atoms with E-state index in [0.29, 0.717) is 0 Å². The normalized spacial score (nSPS) is 12.6. The van der Waals surface area contributed by atoms with Crippen LogP contribution < -0.4 is 0 Å². The highest BCUT2D eigenvalue weighted by Crippen LogP contribution is 2.01. The Kier molecular flexibility index (Phi) is 4.88. The fourth-order valence-corrected chi connectivity index (χ4v) is 0.442. The monoisotopic (exact) mass is 127 g/mol. The lowest BCUT2D eigenvalue weighted by atomic mass is 10.4. The topological polar surface area (TPSA) is 21.6 Å². The van der Waals surface area contributed by atoms with Crippen LogP contribution in [0.1, 0.15) is 27.2 Å². The third kappa shape index (κ3) is 3.76. The maximum absolute atomic E-state index is 4.92. The van der Waals surface area contributed by atoms with Crippen LogP contribution in [0.5, 0.6) is 0 Å². The van der Waals surface area contributed by atoms with Crippen LogP contribution in [0, 0.1) is 0 Å². The first kappa shape index (κ1) is 8.21. The first-order chi connectivity index (χ1) is 4.35. The Labute approximate surface area is 56.2 Å². The summed E-state index contributed by atoms with van der Waals surface area (Å²) in [6, 6.07) is 0. The van der Waals surface area contributed by atoms with Crippen molar-refractivity contribution in [2.75, 3.05) is 0 Å². The molecule has 2 nitrogen and oxygen atoms in total. The average molecular weight is 127 g/mol. The second-order valence-electron chi connectivity index (χ2n) is 1.56. The molecule has 0 aromatic rings. The van der Waals surface area contributed by atoms with Crippen molar-refractivity contribution in [3.63, 3.8) is 0 Å². The predicted molar refractivity (Wildman–Crippen MR) is 39.3 cm³/mol. The van der Waals surface area contributed by atoms with E-state index < -0.39 is 0 Å². The summed E-state index contributed by atoms with van der Waals surface area (Å²) in [4.78, 5) is 4.92. The third-order valence-corrected chi connectivity index (χ3v) is 0.946. The molecule has 0 saturated carbocycles. The van der Waals surface area contributed by atoms with Gasteiger partial charge in [0.15, 0.2) is 0 Å². The van der Waals surface area contributed by atoms with Crippen LogP contribution in [-0.2, 0) is 4.84 Å². The molecule has 0 saturated heterocycles. The maximum Gasteiger partial charge on any atom is 0.130 e. The molecular formula is C7H13NO. The molecule has 0 unspecified atom stereocenters. The molecule has 0 bridgehead atoms. The van der Waals surface area contributed by atoms with Crippen molar-refractivity contribution in [3.05, 3.63) is 11.8 Å². The molecule has 52 valence electrons. The van der Waals surface area contributed by atoms with Crippen molar-refractivity contribution in [2.45, 2.75) is 27.2 Å². The predicted octanol–water partition coefficient (Wildman–Crippen LogP) is 2.32. The Morgan fingerprint density at radius 1 is 1.56 bits per heavy atom.